The van der Waals surface area contributed by atoms with E-state index < -0.39 is 0 Å². The van der Waals surface area contributed by atoms with Gasteiger partial charge in [-0.15, -0.1) is 0 Å². The number of carbonyl (C=O) groups excluding carboxylic acids is 2. The van der Waals surface area contributed by atoms with E-state index in [1.807, 2.05) is 42.5 Å². The highest BCUT2D eigenvalue weighted by atomic mass is 16.5. The van der Waals surface area contributed by atoms with Gasteiger partial charge in [0, 0.05) is 11.4 Å². The monoisotopic (exact) mass is 591 g/mol. The summed E-state index contributed by atoms with van der Waals surface area (Å²) in [5.41, 5.74) is 22.5. The van der Waals surface area contributed by atoms with Crippen molar-refractivity contribution in [1.29, 1.82) is 0 Å². The third-order valence-corrected chi connectivity index (χ3v) is 6.89. The van der Waals surface area contributed by atoms with Crippen LogP contribution in [0.25, 0.3) is 11.1 Å². The van der Waals surface area contributed by atoms with Gasteiger partial charge < -0.3 is 37.3 Å². The summed E-state index contributed by atoms with van der Waals surface area (Å²) in [6.07, 6.45) is 1.88. The van der Waals surface area contributed by atoms with Crippen molar-refractivity contribution < 1.29 is 19.1 Å². The number of hydrogen-bond acceptors (Lipinski definition) is 6. The van der Waals surface area contributed by atoms with Gasteiger partial charge in [0.2, 0.25) is 0 Å². The van der Waals surface area contributed by atoms with E-state index in [4.69, 9.17) is 26.7 Å². The van der Waals surface area contributed by atoms with Crippen molar-refractivity contribution in [3.05, 3.63) is 107 Å². The molecule has 0 unspecified atom stereocenters. The molecule has 11 heteroatoms. The van der Waals surface area contributed by atoms with E-state index in [0.29, 0.717) is 53.6 Å². The molecule has 0 saturated heterocycles. The second kappa shape index (κ2) is 13.9. The van der Waals surface area contributed by atoms with Crippen molar-refractivity contribution in [2.24, 2.45) is 27.2 Å². The molecule has 0 heterocycles. The van der Waals surface area contributed by atoms with Gasteiger partial charge in [-0.3, -0.25) is 19.6 Å². The van der Waals surface area contributed by atoms with Crippen LogP contribution in [-0.4, -0.2) is 50.4 Å². The number of hydrogen-bond donors (Lipinski definition) is 5. The molecule has 2 amide bonds. The molecule has 4 aromatic carbocycles. The van der Waals surface area contributed by atoms with E-state index in [-0.39, 0.29) is 30.9 Å². The number of nitrogens with one attached hydrogen (secondary N) is 2. The zero-order chi connectivity index (χ0) is 30.9. The van der Waals surface area contributed by atoms with Crippen LogP contribution in [0, 0.1) is 0 Å². The number of nitrogens with zero attached hydrogens (tertiary/aromatic N) is 2. The minimum atomic E-state index is -0.292. The minimum Gasteiger partial charge on any atom is -0.491 e. The molecule has 0 fully saturated rings. The Morgan fingerprint density at radius 3 is 1.73 bits per heavy atom. The summed E-state index contributed by atoms with van der Waals surface area (Å²) < 4.78 is 11.5. The molecule has 0 bridgehead atoms. The highest BCUT2D eigenvalue weighted by molar-refractivity contribution is 6.07. The Morgan fingerprint density at radius 2 is 1.23 bits per heavy atom. The smallest absolute Gasteiger partial charge is 0.259 e. The van der Waals surface area contributed by atoms with Crippen LogP contribution in [0.5, 0.6) is 11.5 Å². The molecule has 4 aromatic rings. The first-order valence-electron chi connectivity index (χ1n) is 14.0. The number of fused-ring (bicyclic) bond motifs is 3. The number of ether oxygens (including phenoxy) is 2. The van der Waals surface area contributed by atoms with Gasteiger partial charge in [-0.05, 0) is 77.2 Å². The molecule has 1 aliphatic carbocycles. The molecule has 0 aromatic heterocycles. The summed E-state index contributed by atoms with van der Waals surface area (Å²) in [5.74, 6) is 0.328. The van der Waals surface area contributed by atoms with Crippen molar-refractivity contribution in [3.63, 3.8) is 0 Å². The summed E-state index contributed by atoms with van der Waals surface area (Å²) in [4.78, 5) is 34.1. The Bertz CT molecular complexity index is 1730. The molecule has 0 atom stereocenters. The molecule has 0 saturated carbocycles. The van der Waals surface area contributed by atoms with Gasteiger partial charge in [-0.2, -0.15) is 0 Å². The van der Waals surface area contributed by atoms with Crippen LogP contribution in [0.3, 0.4) is 0 Å². The predicted molar refractivity (Wildman–Crippen MR) is 173 cm³/mol. The van der Waals surface area contributed by atoms with E-state index in [1.54, 1.807) is 42.5 Å². The number of guanidine groups is 1. The molecule has 44 heavy (non-hydrogen) atoms. The van der Waals surface area contributed by atoms with Crippen molar-refractivity contribution in [1.82, 2.24) is 0 Å². The Morgan fingerprint density at radius 1 is 0.727 bits per heavy atom. The molecule has 224 valence electrons. The van der Waals surface area contributed by atoms with Crippen LogP contribution in [-0.2, 0) is 6.42 Å². The first-order chi connectivity index (χ1) is 21.4. The lowest BCUT2D eigenvalue weighted by molar-refractivity contribution is 0.101. The van der Waals surface area contributed by atoms with E-state index in [0.717, 1.165) is 22.3 Å². The first kappa shape index (κ1) is 29.6. The molecule has 1 aliphatic rings. The van der Waals surface area contributed by atoms with Crippen LogP contribution < -0.4 is 37.3 Å². The highest BCUT2D eigenvalue weighted by Crippen LogP contribution is 2.39. The third-order valence-electron chi connectivity index (χ3n) is 6.89. The molecular formula is C33H33N7O4. The lowest BCUT2D eigenvalue weighted by Gasteiger charge is -2.12. The fourth-order valence-corrected chi connectivity index (χ4v) is 4.94. The maximum Gasteiger partial charge on any atom is 0.259 e. The quantitative estimate of drug-likeness (QED) is 0.0832. The Hall–Kier alpha value is -5.84. The predicted octanol–water partition coefficient (Wildman–Crippen LogP) is 3.78. The number of amides is 2. The molecule has 0 spiro atoms. The number of para-hydroxylation sites is 2. The van der Waals surface area contributed by atoms with Crippen LogP contribution >= 0.6 is 0 Å². The minimum absolute atomic E-state index is 0.0168. The van der Waals surface area contributed by atoms with Crippen molar-refractivity contribution in [3.8, 4) is 22.6 Å². The maximum atomic E-state index is 13.2. The van der Waals surface area contributed by atoms with Gasteiger partial charge in [-0.1, -0.05) is 36.4 Å². The summed E-state index contributed by atoms with van der Waals surface area (Å²) in [5, 5.41) is 5.96. The highest BCUT2D eigenvalue weighted by Gasteiger charge is 2.21. The summed E-state index contributed by atoms with van der Waals surface area (Å²) in [6, 6.07) is 25.7. The number of anilines is 2. The Balaban J connectivity index is 1.24. The lowest BCUT2D eigenvalue weighted by Crippen LogP contribution is -2.23. The topological polar surface area (TPSA) is 179 Å². The zero-order valence-corrected chi connectivity index (χ0v) is 24.0. The standard InChI is InChI=1S/C33H33N7O4/c34-20-37-13-15-43-29-7-3-1-5-27(29)31(41)39-23-9-11-25-21(18-23)17-22-19-24(10-12-26(22)25)40-32(42)28-6-2-4-8-30(28)44-16-14-38-33(35)36/h1-12,18-20H,13-17H2,(H2,34,37)(H,39,41)(H,40,42)(H4,35,36,38). The average Bonchev–Trinajstić information content (AvgIpc) is 3.38. The van der Waals surface area contributed by atoms with Gasteiger partial charge in [-0.25, -0.2) is 0 Å². The lowest BCUT2D eigenvalue weighted by atomic mass is 10.0. The van der Waals surface area contributed by atoms with Crippen LogP contribution in [0.2, 0.25) is 0 Å². The molecule has 0 radical (unpaired) electrons. The number of nitrogens with two attached hydrogens (primary N) is 3. The largest absolute Gasteiger partial charge is 0.491 e. The van der Waals surface area contributed by atoms with E-state index in [9.17, 15) is 9.59 Å². The number of aliphatic imine (C=N–C) groups is 2. The first-order valence-corrected chi connectivity index (χ1v) is 14.0. The van der Waals surface area contributed by atoms with Crippen LogP contribution in [0.1, 0.15) is 31.8 Å². The van der Waals surface area contributed by atoms with Gasteiger partial charge in [0.15, 0.2) is 5.96 Å². The number of rotatable bonds is 12. The maximum absolute atomic E-state index is 13.2. The van der Waals surface area contributed by atoms with E-state index in [2.05, 4.69) is 20.6 Å². The Labute approximate surface area is 254 Å². The second-order valence-corrected chi connectivity index (χ2v) is 9.88. The van der Waals surface area contributed by atoms with Crippen LogP contribution in [0.4, 0.5) is 11.4 Å². The van der Waals surface area contributed by atoms with Gasteiger partial charge in [0.1, 0.15) is 24.7 Å². The summed E-state index contributed by atoms with van der Waals surface area (Å²) in [7, 11) is 0. The summed E-state index contributed by atoms with van der Waals surface area (Å²) >= 11 is 0. The van der Waals surface area contributed by atoms with E-state index in [1.165, 1.54) is 6.34 Å². The molecule has 11 nitrogen and oxygen atoms in total. The molecular weight excluding hydrogens is 558 g/mol. The number of carbonyl (C=O) groups is 2. The zero-order valence-electron chi connectivity index (χ0n) is 24.0. The number of benzene rings is 4. The second-order valence-electron chi connectivity index (χ2n) is 9.88. The van der Waals surface area contributed by atoms with Crippen molar-refractivity contribution >= 4 is 35.5 Å². The fraction of sp³-hybridized carbons (Fsp3) is 0.152. The third kappa shape index (κ3) is 7.13. The van der Waals surface area contributed by atoms with E-state index >= 15 is 0 Å². The van der Waals surface area contributed by atoms with Crippen LogP contribution in [0.15, 0.2) is 94.9 Å². The summed E-state index contributed by atoms with van der Waals surface area (Å²) in [6.45, 7) is 1.21. The molecule has 0 aliphatic heterocycles. The average molecular weight is 592 g/mol. The van der Waals surface area contributed by atoms with Gasteiger partial charge >= 0.3 is 0 Å². The molecule has 5 rings (SSSR count). The molecule has 8 N–H and O–H groups in total. The van der Waals surface area contributed by atoms with Crippen molar-refractivity contribution in [2.75, 3.05) is 36.9 Å². The fourth-order valence-electron chi connectivity index (χ4n) is 4.94. The van der Waals surface area contributed by atoms with Gasteiger partial charge in [0.25, 0.3) is 11.8 Å². The SMILES string of the molecule is NC=NCCOc1ccccc1C(=O)Nc1ccc2c(c1)Cc1cc(NC(=O)c3ccccc3OCCN=C(N)N)ccc1-2. The normalized spacial score (nSPS) is 11.4. The Kier molecular flexibility index (Phi) is 9.35. The van der Waals surface area contributed by atoms with Crippen molar-refractivity contribution in [2.45, 2.75) is 6.42 Å². The van der Waals surface area contributed by atoms with Gasteiger partial charge in [0.05, 0.1) is 30.6 Å².